The predicted molar refractivity (Wildman–Crippen MR) is 115 cm³/mol. The molecule has 3 aromatic rings. The van der Waals surface area contributed by atoms with Crippen LogP contribution in [-0.4, -0.2) is 16.7 Å². The standard InChI is InChI=1S/C24H17ClF2N2O2/c1-14-12-17(25)8-11-20(14)28-22-21(15-6-9-18(26)10-7-15)23(30)29(24(22)31)13-16-4-2-3-5-19(16)27/h2-12,28H,13H2,1H3. The van der Waals surface area contributed by atoms with Crippen LogP contribution in [0.4, 0.5) is 14.5 Å². The maximum atomic E-state index is 14.2. The SMILES string of the molecule is Cc1cc(Cl)ccc1NC1=C(c2ccc(F)cc2)C(=O)N(Cc2ccccc2F)C1=O. The lowest BCUT2D eigenvalue weighted by molar-refractivity contribution is -0.137. The Bertz CT molecular complexity index is 1220. The van der Waals surface area contributed by atoms with E-state index in [0.717, 1.165) is 10.5 Å². The molecule has 4 rings (SSSR count). The fourth-order valence-corrected chi connectivity index (χ4v) is 3.65. The number of carbonyl (C=O) groups excluding carboxylic acids is 2. The molecule has 0 radical (unpaired) electrons. The lowest BCUT2D eigenvalue weighted by atomic mass is 10.0. The number of hydrogen-bond acceptors (Lipinski definition) is 3. The third-order valence-corrected chi connectivity index (χ3v) is 5.27. The van der Waals surface area contributed by atoms with Gasteiger partial charge in [0.1, 0.15) is 17.3 Å². The summed E-state index contributed by atoms with van der Waals surface area (Å²) in [7, 11) is 0. The molecule has 0 aromatic heterocycles. The highest BCUT2D eigenvalue weighted by Crippen LogP contribution is 2.33. The molecule has 0 bridgehead atoms. The molecule has 0 saturated heterocycles. The average Bonchev–Trinajstić information content (AvgIpc) is 2.96. The monoisotopic (exact) mass is 438 g/mol. The molecule has 156 valence electrons. The van der Waals surface area contributed by atoms with Gasteiger partial charge in [0, 0.05) is 16.3 Å². The normalized spacial score (nSPS) is 13.9. The van der Waals surface area contributed by atoms with E-state index in [9.17, 15) is 18.4 Å². The van der Waals surface area contributed by atoms with Crippen LogP contribution in [0.2, 0.25) is 5.02 Å². The molecule has 0 saturated carbocycles. The first-order chi connectivity index (χ1) is 14.8. The molecular weight excluding hydrogens is 422 g/mol. The van der Waals surface area contributed by atoms with E-state index < -0.39 is 23.4 Å². The first kappa shape index (κ1) is 20.8. The van der Waals surface area contributed by atoms with E-state index >= 15 is 0 Å². The van der Waals surface area contributed by atoms with Crippen molar-refractivity contribution in [2.75, 3.05) is 5.32 Å². The third-order valence-electron chi connectivity index (χ3n) is 5.04. The molecule has 0 fully saturated rings. The second-order valence-corrected chi connectivity index (χ2v) is 7.57. The fraction of sp³-hybridized carbons (Fsp3) is 0.0833. The number of carbonyl (C=O) groups is 2. The van der Waals surface area contributed by atoms with Crippen LogP contribution in [0.15, 0.2) is 72.4 Å². The van der Waals surface area contributed by atoms with Gasteiger partial charge < -0.3 is 5.32 Å². The van der Waals surface area contributed by atoms with Crippen molar-refractivity contribution in [2.24, 2.45) is 0 Å². The number of nitrogens with zero attached hydrogens (tertiary/aromatic N) is 1. The zero-order chi connectivity index (χ0) is 22.1. The van der Waals surface area contributed by atoms with Gasteiger partial charge in [0.15, 0.2) is 0 Å². The molecule has 1 aliphatic rings. The van der Waals surface area contributed by atoms with E-state index in [1.54, 1.807) is 24.3 Å². The van der Waals surface area contributed by atoms with Crippen LogP contribution < -0.4 is 5.32 Å². The first-order valence-corrected chi connectivity index (χ1v) is 9.86. The number of aryl methyl sites for hydroxylation is 1. The van der Waals surface area contributed by atoms with Gasteiger partial charge in [0.05, 0.1) is 12.1 Å². The Kier molecular flexibility index (Phi) is 5.57. The zero-order valence-electron chi connectivity index (χ0n) is 16.5. The van der Waals surface area contributed by atoms with Crippen LogP contribution in [-0.2, 0) is 16.1 Å². The fourth-order valence-electron chi connectivity index (χ4n) is 3.42. The van der Waals surface area contributed by atoms with Gasteiger partial charge in [-0.25, -0.2) is 8.78 Å². The summed E-state index contributed by atoms with van der Waals surface area (Å²) >= 11 is 6.01. The highest BCUT2D eigenvalue weighted by molar-refractivity contribution is 6.36. The van der Waals surface area contributed by atoms with Crippen LogP contribution in [0.5, 0.6) is 0 Å². The van der Waals surface area contributed by atoms with E-state index in [1.807, 2.05) is 6.92 Å². The number of nitrogens with one attached hydrogen (secondary N) is 1. The van der Waals surface area contributed by atoms with Crippen molar-refractivity contribution in [3.05, 3.63) is 106 Å². The molecule has 1 N–H and O–H groups in total. The van der Waals surface area contributed by atoms with Crippen molar-refractivity contribution in [2.45, 2.75) is 13.5 Å². The maximum absolute atomic E-state index is 14.2. The molecule has 2 amide bonds. The Labute approximate surface area is 182 Å². The van der Waals surface area contributed by atoms with Gasteiger partial charge in [-0.2, -0.15) is 0 Å². The summed E-state index contributed by atoms with van der Waals surface area (Å²) in [4.78, 5) is 27.4. The smallest absolute Gasteiger partial charge is 0.278 e. The minimum absolute atomic E-state index is 0.0402. The molecule has 3 aromatic carbocycles. The van der Waals surface area contributed by atoms with Crippen LogP contribution in [0, 0.1) is 18.6 Å². The van der Waals surface area contributed by atoms with Crippen LogP contribution >= 0.6 is 11.6 Å². The Balaban J connectivity index is 1.77. The van der Waals surface area contributed by atoms with Gasteiger partial charge in [0.25, 0.3) is 11.8 Å². The molecule has 0 spiro atoms. The number of imide groups is 1. The van der Waals surface area contributed by atoms with Crippen molar-refractivity contribution in [3.63, 3.8) is 0 Å². The number of rotatable bonds is 5. The Hall–Kier alpha value is -3.51. The lowest BCUT2D eigenvalue weighted by Crippen LogP contribution is -2.32. The van der Waals surface area contributed by atoms with Gasteiger partial charge in [-0.05, 0) is 54.4 Å². The Morgan fingerprint density at radius 3 is 2.32 bits per heavy atom. The summed E-state index contributed by atoms with van der Waals surface area (Å²) < 4.78 is 27.6. The summed E-state index contributed by atoms with van der Waals surface area (Å²) in [6.45, 7) is 1.59. The highest BCUT2D eigenvalue weighted by Gasteiger charge is 2.39. The van der Waals surface area contributed by atoms with Crippen molar-refractivity contribution < 1.29 is 18.4 Å². The number of anilines is 1. The average molecular weight is 439 g/mol. The quantitative estimate of drug-likeness (QED) is 0.548. The second-order valence-electron chi connectivity index (χ2n) is 7.13. The van der Waals surface area contributed by atoms with Crippen molar-refractivity contribution in [3.8, 4) is 0 Å². The molecule has 0 aliphatic carbocycles. The molecule has 0 unspecified atom stereocenters. The molecule has 1 aliphatic heterocycles. The summed E-state index contributed by atoms with van der Waals surface area (Å²) in [6.07, 6.45) is 0. The van der Waals surface area contributed by atoms with E-state index in [4.69, 9.17) is 11.6 Å². The zero-order valence-corrected chi connectivity index (χ0v) is 17.2. The predicted octanol–water partition coefficient (Wildman–Crippen LogP) is 5.32. The van der Waals surface area contributed by atoms with E-state index in [2.05, 4.69) is 5.32 Å². The molecule has 7 heteroatoms. The number of benzene rings is 3. The van der Waals surface area contributed by atoms with Crippen LogP contribution in [0.1, 0.15) is 16.7 Å². The molecule has 0 atom stereocenters. The van der Waals surface area contributed by atoms with Crippen molar-refractivity contribution in [1.29, 1.82) is 0 Å². The largest absolute Gasteiger partial charge is 0.350 e. The summed E-state index contributed by atoms with van der Waals surface area (Å²) in [5, 5.41) is 3.56. The summed E-state index contributed by atoms with van der Waals surface area (Å²) in [6, 6.07) is 16.3. The molecule has 4 nitrogen and oxygen atoms in total. The van der Waals surface area contributed by atoms with Crippen LogP contribution in [0.3, 0.4) is 0 Å². The van der Waals surface area contributed by atoms with Gasteiger partial charge in [-0.3, -0.25) is 14.5 Å². The highest BCUT2D eigenvalue weighted by atomic mass is 35.5. The van der Waals surface area contributed by atoms with Crippen molar-refractivity contribution >= 4 is 34.7 Å². The summed E-state index contributed by atoms with van der Waals surface area (Å²) in [5.74, 6) is -2.16. The number of hydrogen-bond donors (Lipinski definition) is 1. The van der Waals surface area contributed by atoms with E-state index in [-0.39, 0.29) is 23.4 Å². The summed E-state index contributed by atoms with van der Waals surface area (Å²) in [5.41, 5.74) is 2.09. The van der Waals surface area contributed by atoms with Gasteiger partial charge in [-0.1, -0.05) is 41.9 Å². The number of amides is 2. The topological polar surface area (TPSA) is 49.4 Å². The lowest BCUT2D eigenvalue weighted by Gasteiger charge is -2.16. The Morgan fingerprint density at radius 1 is 0.935 bits per heavy atom. The molecule has 31 heavy (non-hydrogen) atoms. The minimum Gasteiger partial charge on any atom is -0.350 e. The molecule has 1 heterocycles. The van der Waals surface area contributed by atoms with Gasteiger partial charge in [-0.15, -0.1) is 0 Å². The van der Waals surface area contributed by atoms with Crippen LogP contribution in [0.25, 0.3) is 5.57 Å². The number of halogens is 3. The van der Waals surface area contributed by atoms with Crippen molar-refractivity contribution in [1.82, 2.24) is 4.90 Å². The van der Waals surface area contributed by atoms with E-state index in [1.165, 1.54) is 42.5 Å². The maximum Gasteiger partial charge on any atom is 0.278 e. The van der Waals surface area contributed by atoms with Gasteiger partial charge in [0.2, 0.25) is 0 Å². The van der Waals surface area contributed by atoms with E-state index in [0.29, 0.717) is 16.3 Å². The minimum atomic E-state index is -0.595. The third kappa shape index (κ3) is 4.07. The second kappa shape index (κ2) is 8.32. The molecular formula is C24H17ClF2N2O2. The Morgan fingerprint density at radius 2 is 1.65 bits per heavy atom. The first-order valence-electron chi connectivity index (χ1n) is 9.48. The van der Waals surface area contributed by atoms with Gasteiger partial charge >= 0.3 is 0 Å².